The van der Waals surface area contributed by atoms with Gasteiger partial charge in [0.25, 0.3) is 5.91 Å². The Labute approximate surface area is 101 Å². The molecule has 0 bridgehead atoms. The number of pyridine rings is 1. The maximum atomic E-state index is 12.0. The van der Waals surface area contributed by atoms with Gasteiger partial charge in [0, 0.05) is 13.3 Å². The van der Waals surface area contributed by atoms with Crippen molar-refractivity contribution in [3.05, 3.63) is 23.9 Å². The summed E-state index contributed by atoms with van der Waals surface area (Å²) >= 11 is 0. The van der Waals surface area contributed by atoms with E-state index in [0.717, 1.165) is 0 Å². The van der Waals surface area contributed by atoms with Crippen molar-refractivity contribution in [1.82, 2.24) is 10.3 Å². The van der Waals surface area contributed by atoms with E-state index in [1.165, 1.54) is 0 Å². The third kappa shape index (κ3) is 3.71. The van der Waals surface area contributed by atoms with Crippen molar-refractivity contribution in [2.24, 2.45) is 5.92 Å². The lowest BCUT2D eigenvalue weighted by molar-refractivity contribution is 0.0867. The fourth-order valence-electron chi connectivity index (χ4n) is 1.44. The summed E-state index contributed by atoms with van der Waals surface area (Å²) < 4.78 is 5.07. The Kier molecular flexibility index (Phi) is 4.90. The van der Waals surface area contributed by atoms with Crippen LogP contribution in [0.1, 0.15) is 24.2 Å². The third-order valence-corrected chi connectivity index (χ3v) is 2.55. The van der Waals surface area contributed by atoms with Crippen LogP contribution in [0.25, 0.3) is 0 Å². The zero-order chi connectivity index (χ0) is 12.8. The number of nitrogens with one attached hydrogen (secondary N) is 1. The van der Waals surface area contributed by atoms with Gasteiger partial charge < -0.3 is 15.8 Å². The molecule has 0 aliphatic heterocycles. The number of hydrogen-bond acceptors (Lipinski definition) is 4. The first-order valence-electron chi connectivity index (χ1n) is 5.56. The van der Waals surface area contributed by atoms with Crippen LogP contribution in [0.3, 0.4) is 0 Å². The first-order chi connectivity index (χ1) is 8.06. The standard InChI is InChI=1S/C12H19N3O2/c1-8(2)10(7-17-3)15-12(16)9-5-4-6-14-11(9)13/h4-6,8,10H,7H2,1-3H3,(H2,13,14)(H,15,16). The number of carbonyl (C=O) groups excluding carboxylic acids is 1. The molecule has 0 saturated carbocycles. The van der Waals surface area contributed by atoms with Crippen LogP contribution in [0, 0.1) is 5.92 Å². The van der Waals surface area contributed by atoms with E-state index in [2.05, 4.69) is 10.3 Å². The van der Waals surface area contributed by atoms with E-state index < -0.39 is 0 Å². The zero-order valence-electron chi connectivity index (χ0n) is 10.4. The van der Waals surface area contributed by atoms with Crippen LogP contribution in [0.5, 0.6) is 0 Å². The number of carbonyl (C=O) groups is 1. The van der Waals surface area contributed by atoms with Crippen molar-refractivity contribution in [2.45, 2.75) is 19.9 Å². The summed E-state index contributed by atoms with van der Waals surface area (Å²) in [6, 6.07) is 3.31. The van der Waals surface area contributed by atoms with Gasteiger partial charge in [-0.15, -0.1) is 0 Å². The molecule has 1 atom stereocenters. The molecule has 0 aliphatic carbocycles. The Morgan fingerprint density at radius 3 is 2.82 bits per heavy atom. The predicted octanol–water partition coefficient (Wildman–Crippen LogP) is 1.06. The van der Waals surface area contributed by atoms with Gasteiger partial charge in [0.2, 0.25) is 0 Å². The Balaban J connectivity index is 2.74. The van der Waals surface area contributed by atoms with Gasteiger partial charge in [-0.1, -0.05) is 13.8 Å². The molecule has 0 radical (unpaired) electrons. The molecule has 1 amide bonds. The maximum absolute atomic E-state index is 12.0. The molecule has 1 aromatic heterocycles. The number of nitrogens with two attached hydrogens (primary N) is 1. The molecule has 0 aliphatic rings. The molecule has 5 nitrogen and oxygen atoms in total. The Morgan fingerprint density at radius 2 is 2.29 bits per heavy atom. The van der Waals surface area contributed by atoms with Gasteiger partial charge in [0.15, 0.2) is 0 Å². The molecule has 0 saturated heterocycles. The van der Waals surface area contributed by atoms with Crippen LogP contribution in [-0.2, 0) is 4.74 Å². The monoisotopic (exact) mass is 237 g/mol. The van der Waals surface area contributed by atoms with Crippen molar-refractivity contribution in [1.29, 1.82) is 0 Å². The largest absolute Gasteiger partial charge is 0.383 e. The highest BCUT2D eigenvalue weighted by atomic mass is 16.5. The number of ether oxygens (including phenoxy) is 1. The molecule has 1 unspecified atom stereocenters. The summed E-state index contributed by atoms with van der Waals surface area (Å²) in [5.74, 6) is 0.313. The minimum Gasteiger partial charge on any atom is -0.383 e. The molecule has 0 aromatic carbocycles. The van der Waals surface area contributed by atoms with E-state index in [-0.39, 0.29) is 23.7 Å². The Hall–Kier alpha value is -1.62. The van der Waals surface area contributed by atoms with Gasteiger partial charge in [0.05, 0.1) is 18.2 Å². The third-order valence-electron chi connectivity index (χ3n) is 2.55. The van der Waals surface area contributed by atoms with E-state index in [0.29, 0.717) is 12.2 Å². The normalized spacial score (nSPS) is 12.5. The second-order valence-corrected chi connectivity index (χ2v) is 4.22. The fourth-order valence-corrected chi connectivity index (χ4v) is 1.44. The fraction of sp³-hybridized carbons (Fsp3) is 0.500. The van der Waals surface area contributed by atoms with Crippen LogP contribution in [0.4, 0.5) is 5.82 Å². The molecule has 5 heteroatoms. The number of methoxy groups -OCH3 is 1. The molecule has 3 N–H and O–H groups in total. The lowest BCUT2D eigenvalue weighted by Crippen LogP contribution is -2.41. The van der Waals surface area contributed by atoms with Crippen LogP contribution in [-0.4, -0.2) is 30.6 Å². The molecule has 1 aromatic rings. The molecule has 1 rings (SSSR count). The van der Waals surface area contributed by atoms with Crippen molar-refractivity contribution >= 4 is 11.7 Å². The minimum atomic E-state index is -0.216. The van der Waals surface area contributed by atoms with E-state index in [1.807, 2.05) is 13.8 Å². The summed E-state index contributed by atoms with van der Waals surface area (Å²) in [5.41, 5.74) is 6.04. The first kappa shape index (κ1) is 13.4. The average molecular weight is 237 g/mol. The second-order valence-electron chi connectivity index (χ2n) is 4.22. The molecule has 17 heavy (non-hydrogen) atoms. The zero-order valence-corrected chi connectivity index (χ0v) is 10.4. The number of anilines is 1. The Morgan fingerprint density at radius 1 is 1.59 bits per heavy atom. The van der Waals surface area contributed by atoms with Gasteiger partial charge >= 0.3 is 0 Å². The second kappa shape index (κ2) is 6.20. The van der Waals surface area contributed by atoms with E-state index >= 15 is 0 Å². The van der Waals surface area contributed by atoms with Crippen molar-refractivity contribution in [2.75, 3.05) is 19.5 Å². The number of rotatable bonds is 5. The quantitative estimate of drug-likeness (QED) is 0.803. The van der Waals surface area contributed by atoms with Gasteiger partial charge in [-0.25, -0.2) is 4.98 Å². The topological polar surface area (TPSA) is 77.2 Å². The van der Waals surface area contributed by atoms with Gasteiger partial charge in [-0.3, -0.25) is 4.79 Å². The minimum absolute atomic E-state index is 0.0351. The van der Waals surface area contributed by atoms with Crippen LogP contribution >= 0.6 is 0 Å². The van der Waals surface area contributed by atoms with E-state index in [1.54, 1.807) is 25.4 Å². The number of nitrogen functional groups attached to an aromatic ring is 1. The highest BCUT2D eigenvalue weighted by Gasteiger charge is 2.18. The molecule has 1 heterocycles. The number of hydrogen-bond donors (Lipinski definition) is 2. The molecular formula is C12H19N3O2. The molecule has 0 spiro atoms. The first-order valence-corrected chi connectivity index (χ1v) is 5.56. The van der Waals surface area contributed by atoms with E-state index in [4.69, 9.17) is 10.5 Å². The highest BCUT2D eigenvalue weighted by molar-refractivity contribution is 5.98. The van der Waals surface area contributed by atoms with E-state index in [9.17, 15) is 4.79 Å². The van der Waals surface area contributed by atoms with Gasteiger partial charge in [0.1, 0.15) is 5.82 Å². The summed E-state index contributed by atoms with van der Waals surface area (Å²) in [6.45, 7) is 4.52. The summed E-state index contributed by atoms with van der Waals surface area (Å²) in [7, 11) is 1.61. The number of amides is 1. The van der Waals surface area contributed by atoms with Crippen molar-refractivity contribution in [3.8, 4) is 0 Å². The molecular weight excluding hydrogens is 218 g/mol. The van der Waals surface area contributed by atoms with Crippen LogP contribution in [0.2, 0.25) is 0 Å². The number of nitrogens with zero attached hydrogens (tertiary/aromatic N) is 1. The van der Waals surface area contributed by atoms with Crippen molar-refractivity contribution in [3.63, 3.8) is 0 Å². The smallest absolute Gasteiger partial charge is 0.255 e. The van der Waals surface area contributed by atoms with Crippen LogP contribution < -0.4 is 11.1 Å². The average Bonchev–Trinajstić information content (AvgIpc) is 2.28. The lowest BCUT2D eigenvalue weighted by Gasteiger charge is -2.21. The molecule has 94 valence electrons. The summed E-state index contributed by atoms with van der Waals surface area (Å²) in [5, 5.41) is 2.89. The van der Waals surface area contributed by atoms with Crippen molar-refractivity contribution < 1.29 is 9.53 Å². The highest BCUT2D eigenvalue weighted by Crippen LogP contribution is 2.09. The Bertz CT molecular complexity index is 380. The lowest BCUT2D eigenvalue weighted by atomic mass is 10.0. The van der Waals surface area contributed by atoms with Gasteiger partial charge in [-0.05, 0) is 18.1 Å². The van der Waals surface area contributed by atoms with Crippen LogP contribution in [0.15, 0.2) is 18.3 Å². The number of aromatic nitrogens is 1. The predicted molar refractivity (Wildman–Crippen MR) is 66.6 cm³/mol. The summed E-state index contributed by atoms with van der Waals surface area (Å²) in [4.78, 5) is 15.9. The SMILES string of the molecule is COCC(NC(=O)c1cccnc1N)C(C)C. The maximum Gasteiger partial charge on any atom is 0.255 e. The van der Waals surface area contributed by atoms with Gasteiger partial charge in [-0.2, -0.15) is 0 Å². The summed E-state index contributed by atoms with van der Waals surface area (Å²) in [6.07, 6.45) is 1.56. The molecule has 0 fully saturated rings.